The monoisotopic (exact) mass is 331 g/mol. The average Bonchev–Trinajstić information content (AvgIpc) is 3.20. The largest absolute Gasteiger partial charge is 0.353 e. The van der Waals surface area contributed by atoms with Crippen molar-refractivity contribution in [3.05, 3.63) is 35.3 Å². The zero-order valence-electron chi connectivity index (χ0n) is 12.5. The molecule has 0 bridgehead atoms. The quantitative estimate of drug-likeness (QED) is 0.751. The molecule has 3 heterocycles. The highest BCUT2D eigenvalue weighted by Gasteiger charge is 2.14. The Bertz CT molecular complexity index is 708. The Balaban J connectivity index is 1.92. The van der Waals surface area contributed by atoms with Gasteiger partial charge in [-0.2, -0.15) is 0 Å². The minimum Gasteiger partial charge on any atom is -0.353 e. The molecule has 0 saturated heterocycles. The van der Waals surface area contributed by atoms with Gasteiger partial charge in [-0.15, -0.1) is 22.7 Å². The number of hydrogen-bond acceptors (Lipinski definition) is 7. The van der Waals surface area contributed by atoms with E-state index in [0.717, 1.165) is 34.2 Å². The summed E-state index contributed by atoms with van der Waals surface area (Å²) in [5, 5.41) is 8.21. The normalized spacial score (nSPS) is 11.0. The molecular formula is C15H17N5S2. The zero-order chi connectivity index (χ0) is 15.4. The highest BCUT2D eigenvalue weighted by Crippen LogP contribution is 2.34. The Hall–Kier alpha value is -1.83. The second-order valence-electron chi connectivity index (χ2n) is 5.00. The molecular weight excluding hydrogens is 314 g/mol. The first-order valence-electron chi connectivity index (χ1n) is 6.93. The highest BCUT2D eigenvalue weighted by atomic mass is 32.1. The van der Waals surface area contributed by atoms with Crippen LogP contribution >= 0.6 is 22.7 Å². The van der Waals surface area contributed by atoms with E-state index in [0.29, 0.717) is 5.95 Å². The van der Waals surface area contributed by atoms with Crippen LogP contribution in [0.25, 0.3) is 21.1 Å². The maximum absolute atomic E-state index is 4.68. The summed E-state index contributed by atoms with van der Waals surface area (Å²) in [5.41, 5.74) is 1.92. The molecule has 3 aromatic rings. The van der Waals surface area contributed by atoms with Gasteiger partial charge in [-0.1, -0.05) is 6.07 Å². The summed E-state index contributed by atoms with van der Waals surface area (Å²) < 4.78 is 0. The molecule has 7 heteroatoms. The van der Waals surface area contributed by atoms with Crippen LogP contribution in [-0.4, -0.2) is 47.0 Å². The molecule has 0 aliphatic carbocycles. The van der Waals surface area contributed by atoms with E-state index in [4.69, 9.17) is 0 Å². The first-order valence-corrected chi connectivity index (χ1v) is 8.69. The highest BCUT2D eigenvalue weighted by molar-refractivity contribution is 7.14. The maximum atomic E-state index is 4.68. The number of rotatable bonds is 6. The Morgan fingerprint density at radius 2 is 2.09 bits per heavy atom. The molecule has 1 N–H and O–H groups in total. The molecule has 22 heavy (non-hydrogen) atoms. The van der Waals surface area contributed by atoms with Crippen LogP contribution in [0.4, 0.5) is 5.95 Å². The molecule has 0 radical (unpaired) electrons. The van der Waals surface area contributed by atoms with Crippen LogP contribution in [0.2, 0.25) is 0 Å². The van der Waals surface area contributed by atoms with Crippen LogP contribution in [0, 0.1) is 0 Å². The number of aromatic nitrogens is 3. The third kappa shape index (κ3) is 3.49. The van der Waals surface area contributed by atoms with Crippen LogP contribution in [0.3, 0.4) is 0 Å². The van der Waals surface area contributed by atoms with Crippen molar-refractivity contribution in [3.63, 3.8) is 0 Å². The topological polar surface area (TPSA) is 53.9 Å². The molecule has 0 amide bonds. The van der Waals surface area contributed by atoms with Gasteiger partial charge in [0.05, 0.1) is 0 Å². The third-order valence-electron chi connectivity index (χ3n) is 3.05. The fourth-order valence-electron chi connectivity index (χ4n) is 1.97. The van der Waals surface area contributed by atoms with Crippen molar-refractivity contribution in [2.24, 2.45) is 0 Å². The number of thiophene rings is 1. The van der Waals surface area contributed by atoms with Crippen LogP contribution in [-0.2, 0) is 0 Å². The van der Waals surface area contributed by atoms with E-state index in [1.807, 2.05) is 31.7 Å². The van der Waals surface area contributed by atoms with Crippen molar-refractivity contribution >= 4 is 28.6 Å². The van der Waals surface area contributed by atoms with Crippen molar-refractivity contribution in [1.82, 2.24) is 19.9 Å². The van der Waals surface area contributed by atoms with E-state index in [1.54, 1.807) is 28.9 Å². The second kappa shape index (κ2) is 6.95. The predicted molar refractivity (Wildman–Crippen MR) is 93.5 cm³/mol. The van der Waals surface area contributed by atoms with Gasteiger partial charge in [-0.25, -0.2) is 15.0 Å². The van der Waals surface area contributed by atoms with Gasteiger partial charge in [-0.05, 0) is 25.5 Å². The van der Waals surface area contributed by atoms with Gasteiger partial charge in [0.25, 0.3) is 0 Å². The lowest BCUT2D eigenvalue weighted by atomic mass is 10.2. The Morgan fingerprint density at radius 1 is 1.18 bits per heavy atom. The molecule has 3 rings (SSSR count). The van der Waals surface area contributed by atoms with Crippen LogP contribution < -0.4 is 5.32 Å². The Morgan fingerprint density at radius 3 is 2.77 bits per heavy atom. The summed E-state index contributed by atoms with van der Waals surface area (Å²) in [7, 11) is 4.09. The molecule has 114 valence electrons. The molecule has 0 saturated carbocycles. The van der Waals surface area contributed by atoms with E-state index < -0.39 is 0 Å². The lowest BCUT2D eigenvalue weighted by Gasteiger charge is -2.11. The molecule has 0 fully saturated rings. The number of nitrogens with one attached hydrogen (secondary N) is 1. The first-order chi connectivity index (χ1) is 10.7. The Kier molecular flexibility index (Phi) is 4.77. The Labute approximate surface area is 137 Å². The standard InChI is InChI=1S/C15H17N5S2/c1-20(2)7-5-17-15-18-10-11(12-4-3-8-21-12)13(19-15)14-16-6-9-22-14/h3-4,6,8-10H,5,7H2,1-2H3,(H,17,18,19). The van der Waals surface area contributed by atoms with Gasteiger partial charge in [0, 0.05) is 41.3 Å². The van der Waals surface area contributed by atoms with Crippen molar-refractivity contribution in [2.75, 3.05) is 32.5 Å². The van der Waals surface area contributed by atoms with Crippen molar-refractivity contribution in [2.45, 2.75) is 0 Å². The van der Waals surface area contributed by atoms with Crippen LogP contribution in [0.5, 0.6) is 0 Å². The van der Waals surface area contributed by atoms with E-state index in [-0.39, 0.29) is 0 Å². The molecule has 0 aromatic carbocycles. The van der Waals surface area contributed by atoms with Crippen LogP contribution in [0.1, 0.15) is 0 Å². The molecule has 0 atom stereocenters. The number of nitrogens with zero attached hydrogens (tertiary/aromatic N) is 4. The molecule has 0 aliphatic rings. The van der Waals surface area contributed by atoms with E-state index in [2.05, 4.69) is 36.6 Å². The SMILES string of the molecule is CN(C)CCNc1ncc(-c2cccs2)c(-c2nccs2)n1. The number of likely N-dealkylation sites (N-methyl/N-ethyl adjacent to an activating group) is 1. The predicted octanol–water partition coefficient (Wildman–Crippen LogP) is 3.30. The summed E-state index contributed by atoms with van der Waals surface area (Å²) in [6.07, 6.45) is 3.69. The molecule has 0 unspecified atom stereocenters. The summed E-state index contributed by atoms with van der Waals surface area (Å²) in [5.74, 6) is 0.646. The van der Waals surface area contributed by atoms with Crippen molar-refractivity contribution < 1.29 is 0 Å². The molecule has 0 aliphatic heterocycles. The average molecular weight is 331 g/mol. The van der Waals surface area contributed by atoms with Crippen molar-refractivity contribution in [3.8, 4) is 21.1 Å². The van der Waals surface area contributed by atoms with E-state index in [9.17, 15) is 0 Å². The molecule has 5 nitrogen and oxygen atoms in total. The molecule has 3 aromatic heterocycles. The van der Waals surface area contributed by atoms with E-state index >= 15 is 0 Å². The summed E-state index contributed by atoms with van der Waals surface area (Å²) in [4.78, 5) is 16.8. The van der Waals surface area contributed by atoms with E-state index in [1.165, 1.54) is 0 Å². The van der Waals surface area contributed by atoms with Gasteiger partial charge >= 0.3 is 0 Å². The second-order valence-corrected chi connectivity index (χ2v) is 6.84. The fourth-order valence-corrected chi connectivity index (χ4v) is 3.35. The first kappa shape index (κ1) is 15.1. The third-order valence-corrected chi connectivity index (χ3v) is 4.74. The molecule has 0 spiro atoms. The van der Waals surface area contributed by atoms with Crippen LogP contribution in [0.15, 0.2) is 35.3 Å². The smallest absolute Gasteiger partial charge is 0.223 e. The number of anilines is 1. The van der Waals surface area contributed by atoms with Crippen molar-refractivity contribution in [1.29, 1.82) is 0 Å². The van der Waals surface area contributed by atoms with Gasteiger partial charge < -0.3 is 10.2 Å². The van der Waals surface area contributed by atoms with Gasteiger partial charge in [0.1, 0.15) is 10.7 Å². The fraction of sp³-hybridized carbons (Fsp3) is 0.267. The van der Waals surface area contributed by atoms with Gasteiger partial charge in [-0.3, -0.25) is 0 Å². The maximum Gasteiger partial charge on any atom is 0.223 e. The number of thiazole rings is 1. The summed E-state index contributed by atoms with van der Waals surface area (Å²) >= 11 is 3.28. The summed E-state index contributed by atoms with van der Waals surface area (Å²) in [6.45, 7) is 1.74. The number of hydrogen-bond donors (Lipinski definition) is 1. The summed E-state index contributed by atoms with van der Waals surface area (Å²) in [6, 6.07) is 4.12. The lowest BCUT2D eigenvalue weighted by molar-refractivity contribution is 0.425. The minimum absolute atomic E-state index is 0.646. The van der Waals surface area contributed by atoms with Gasteiger partial charge in [0.15, 0.2) is 0 Å². The lowest BCUT2D eigenvalue weighted by Crippen LogP contribution is -2.21. The minimum atomic E-state index is 0.646. The van der Waals surface area contributed by atoms with Gasteiger partial charge in [0.2, 0.25) is 5.95 Å². The zero-order valence-corrected chi connectivity index (χ0v) is 14.1.